The van der Waals surface area contributed by atoms with Gasteiger partial charge in [-0.15, -0.1) is 0 Å². The van der Waals surface area contributed by atoms with Gasteiger partial charge >= 0.3 is 0 Å². The summed E-state index contributed by atoms with van der Waals surface area (Å²) >= 11 is 6.71. The first-order valence-electron chi connectivity index (χ1n) is 13.9. The number of nitrogens with one attached hydrogen (secondary N) is 2. The molecule has 7 nitrogen and oxygen atoms in total. The van der Waals surface area contributed by atoms with Crippen LogP contribution in [0.15, 0.2) is 67.4 Å². The quantitative estimate of drug-likeness (QED) is 0.175. The van der Waals surface area contributed by atoms with Gasteiger partial charge in [0.2, 0.25) is 5.91 Å². The standard InChI is InChI=1S/C32H36ClN5O2/c1-4-28(39)35-27-21-23(11-10-22(27)3)29-30-26(33)12-13-34-32(30)36-31(29)24-8-6-9-25(20-24)40-19-7-14-38-17-15-37(5-2)16-18-38/h4,6,8-13,20-21H,1,5,7,14-19H2,2-3H3,(H,34,36)(H,35,39). The number of rotatable bonds is 10. The molecule has 1 saturated heterocycles. The molecule has 208 valence electrons. The van der Waals surface area contributed by atoms with Gasteiger partial charge in [0, 0.05) is 61.1 Å². The summed E-state index contributed by atoms with van der Waals surface area (Å²) in [5.41, 5.74) is 6.06. The number of nitrogens with zero attached hydrogens (tertiary/aromatic N) is 3. The van der Waals surface area contributed by atoms with Crippen LogP contribution in [0.3, 0.4) is 0 Å². The number of piperazine rings is 1. The van der Waals surface area contributed by atoms with E-state index in [1.807, 2.05) is 37.3 Å². The molecule has 4 aromatic rings. The Morgan fingerprint density at radius 2 is 1.93 bits per heavy atom. The maximum atomic E-state index is 12.1. The first-order valence-corrected chi connectivity index (χ1v) is 14.2. The van der Waals surface area contributed by atoms with Crippen molar-refractivity contribution in [3.05, 3.63) is 78.0 Å². The zero-order valence-electron chi connectivity index (χ0n) is 23.2. The van der Waals surface area contributed by atoms with Crippen molar-refractivity contribution in [2.75, 3.05) is 51.2 Å². The van der Waals surface area contributed by atoms with E-state index in [9.17, 15) is 4.79 Å². The Morgan fingerprint density at radius 1 is 1.12 bits per heavy atom. The highest BCUT2D eigenvalue weighted by Gasteiger charge is 2.20. The fraction of sp³-hybridized carbons (Fsp3) is 0.312. The minimum absolute atomic E-state index is 0.257. The number of ether oxygens (including phenoxy) is 1. The molecule has 8 heteroatoms. The van der Waals surface area contributed by atoms with Crippen molar-refractivity contribution in [3.8, 4) is 28.1 Å². The van der Waals surface area contributed by atoms with Gasteiger partial charge in [-0.25, -0.2) is 4.98 Å². The third-order valence-electron chi connectivity index (χ3n) is 7.54. The summed E-state index contributed by atoms with van der Waals surface area (Å²) in [6, 6.07) is 15.9. The highest BCUT2D eigenvalue weighted by Crippen LogP contribution is 2.42. The lowest BCUT2D eigenvalue weighted by Crippen LogP contribution is -2.46. The number of carbonyl (C=O) groups excluding carboxylic acids is 1. The lowest BCUT2D eigenvalue weighted by Gasteiger charge is -2.33. The molecular formula is C32H36ClN5O2. The van der Waals surface area contributed by atoms with Crippen LogP contribution in [0.1, 0.15) is 18.9 Å². The van der Waals surface area contributed by atoms with Crippen molar-refractivity contribution in [2.45, 2.75) is 20.3 Å². The maximum Gasteiger partial charge on any atom is 0.247 e. The minimum Gasteiger partial charge on any atom is -0.494 e. The third kappa shape index (κ3) is 6.22. The van der Waals surface area contributed by atoms with Crippen LogP contribution in [-0.2, 0) is 4.79 Å². The van der Waals surface area contributed by atoms with Crippen LogP contribution in [0.2, 0.25) is 5.02 Å². The SMILES string of the molecule is C=CC(=O)Nc1cc(-c2c(-c3cccc(OCCCN4CCN(CC)CC4)c3)[nH]c3nccc(Cl)c23)ccc1C. The number of amides is 1. The van der Waals surface area contributed by atoms with Crippen LogP contribution in [0.4, 0.5) is 5.69 Å². The molecular weight excluding hydrogens is 522 g/mol. The van der Waals surface area contributed by atoms with Crippen molar-refractivity contribution < 1.29 is 9.53 Å². The van der Waals surface area contributed by atoms with Crippen LogP contribution in [0, 0.1) is 6.92 Å². The first-order chi connectivity index (χ1) is 19.5. The number of pyridine rings is 1. The zero-order chi connectivity index (χ0) is 28.1. The number of aromatic amines is 1. The Kier molecular flexibility index (Phi) is 8.85. The van der Waals surface area contributed by atoms with E-state index >= 15 is 0 Å². The normalized spacial score (nSPS) is 14.4. The molecule has 1 aliphatic rings. The van der Waals surface area contributed by atoms with Gasteiger partial charge in [-0.2, -0.15) is 0 Å². The van der Waals surface area contributed by atoms with E-state index in [0.29, 0.717) is 17.3 Å². The molecule has 0 atom stereocenters. The molecule has 3 heterocycles. The molecule has 1 fully saturated rings. The van der Waals surface area contributed by atoms with Crippen LogP contribution in [0.25, 0.3) is 33.4 Å². The van der Waals surface area contributed by atoms with Gasteiger partial charge in [0.05, 0.1) is 17.3 Å². The fourth-order valence-corrected chi connectivity index (χ4v) is 5.47. The van der Waals surface area contributed by atoms with E-state index in [1.165, 1.54) is 6.08 Å². The molecule has 0 spiro atoms. The molecule has 2 aromatic carbocycles. The van der Waals surface area contributed by atoms with Crippen molar-refractivity contribution in [1.82, 2.24) is 19.8 Å². The van der Waals surface area contributed by atoms with E-state index in [2.05, 4.69) is 50.7 Å². The average Bonchev–Trinajstić information content (AvgIpc) is 3.38. The van der Waals surface area contributed by atoms with Crippen molar-refractivity contribution >= 4 is 34.2 Å². The molecule has 1 aliphatic heterocycles. The highest BCUT2D eigenvalue weighted by molar-refractivity contribution is 6.36. The number of halogens is 1. The minimum atomic E-state index is -0.257. The second-order valence-electron chi connectivity index (χ2n) is 10.1. The molecule has 0 aliphatic carbocycles. The number of fused-ring (bicyclic) bond motifs is 1. The van der Waals surface area contributed by atoms with Gasteiger partial charge in [-0.1, -0.05) is 49.4 Å². The lowest BCUT2D eigenvalue weighted by molar-refractivity contribution is -0.111. The molecule has 0 radical (unpaired) electrons. The number of hydrogen-bond acceptors (Lipinski definition) is 5. The largest absolute Gasteiger partial charge is 0.494 e. The van der Waals surface area contributed by atoms with Gasteiger partial charge in [0.15, 0.2) is 0 Å². The summed E-state index contributed by atoms with van der Waals surface area (Å²) in [6.45, 7) is 15.1. The average molecular weight is 558 g/mol. The van der Waals surface area contributed by atoms with E-state index in [1.54, 1.807) is 12.3 Å². The van der Waals surface area contributed by atoms with Crippen LogP contribution < -0.4 is 10.1 Å². The van der Waals surface area contributed by atoms with Crippen LogP contribution >= 0.6 is 11.6 Å². The molecule has 2 N–H and O–H groups in total. The summed E-state index contributed by atoms with van der Waals surface area (Å²) in [5.74, 6) is 0.562. The molecule has 1 amide bonds. The van der Waals surface area contributed by atoms with Crippen LogP contribution in [0.5, 0.6) is 5.75 Å². The Morgan fingerprint density at radius 3 is 2.70 bits per heavy atom. The Labute approximate surface area is 240 Å². The van der Waals surface area contributed by atoms with Gasteiger partial charge in [0.25, 0.3) is 0 Å². The number of aromatic nitrogens is 2. The second kappa shape index (κ2) is 12.7. The van der Waals surface area contributed by atoms with Gasteiger partial charge in [-0.05, 0) is 61.4 Å². The second-order valence-corrected chi connectivity index (χ2v) is 10.5. The Hall–Kier alpha value is -3.65. The van der Waals surface area contributed by atoms with E-state index in [-0.39, 0.29) is 5.91 Å². The molecule has 5 rings (SSSR count). The van der Waals surface area contributed by atoms with E-state index in [0.717, 1.165) is 90.5 Å². The maximum absolute atomic E-state index is 12.1. The van der Waals surface area contributed by atoms with Crippen molar-refractivity contribution in [3.63, 3.8) is 0 Å². The van der Waals surface area contributed by atoms with E-state index < -0.39 is 0 Å². The number of likely N-dealkylation sites (N-methyl/N-ethyl adjacent to an activating group) is 1. The van der Waals surface area contributed by atoms with Gasteiger partial charge in [0.1, 0.15) is 11.4 Å². The lowest BCUT2D eigenvalue weighted by atomic mass is 9.97. The predicted octanol–water partition coefficient (Wildman–Crippen LogP) is 6.39. The summed E-state index contributed by atoms with van der Waals surface area (Å²) in [4.78, 5) is 25.1. The molecule has 2 aromatic heterocycles. The Bertz CT molecular complexity index is 1510. The Balaban J connectivity index is 1.40. The highest BCUT2D eigenvalue weighted by atomic mass is 35.5. The number of anilines is 1. The van der Waals surface area contributed by atoms with Crippen molar-refractivity contribution in [2.24, 2.45) is 0 Å². The monoisotopic (exact) mass is 557 g/mol. The zero-order valence-corrected chi connectivity index (χ0v) is 23.9. The number of benzene rings is 2. The summed E-state index contributed by atoms with van der Waals surface area (Å²) in [5, 5.41) is 4.34. The number of carbonyl (C=O) groups is 1. The molecule has 0 unspecified atom stereocenters. The summed E-state index contributed by atoms with van der Waals surface area (Å²) in [7, 11) is 0. The first kappa shape index (κ1) is 27.9. The van der Waals surface area contributed by atoms with Crippen LogP contribution in [-0.4, -0.2) is 71.6 Å². The van der Waals surface area contributed by atoms with Gasteiger partial charge in [-0.3, -0.25) is 4.79 Å². The number of H-pyrrole nitrogens is 1. The number of hydrogen-bond donors (Lipinski definition) is 2. The topological polar surface area (TPSA) is 73.5 Å². The number of aryl methyl sites for hydroxylation is 1. The smallest absolute Gasteiger partial charge is 0.247 e. The van der Waals surface area contributed by atoms with E-state index in [4.69, 9.17) is 16.3 Å². The predicted molar refractivity (Wildman–Crippen MR) is 164 cm³/mol. The molecule has 0 saturated carbocycles. The molecule has 40 heavy (non-hydrogen) atoms. The van der Waals surface area contributed by atoms with Gasteiger partial charge < -0.3 is 24.8 Å². The summed E-state index contributed by atoms with van der Waals surface area (Å²) < 4.78 is 6.19. The third-order valence-corrected chi connectivity index (χ3v) is 7.85. The summed E-state index contributed by atoms with van der Waals surface area (Å²) in [6.07, 6.45) is 3.94. The van der Waals surface area contributed by atoms with Crippen molar-refractivity contribution in [1.29, 1.82) is 0 Å². The fourth-order valence-electron chi connectivity index (χ4n) is 5.23. The molecule has 0 bridgehead atoms.